The highest BCUT2D eigenvalue weighted by atomic mass is 32.2. The van der Waals surface area contributed by atoms with E-state index < -0.39 is 15.8 Å². The fourth-order valence-electron chi connectivity index (χ4n) is 1.01. The van der Waals surface area contributed by atoms with Gasteiger partial charge in [-0.3, -0.25) is 0 Å². The van der Waals surface area contributed by atoms with E-state index in [-0.39, 0.29) is 17.1 Å². The minimum Gasteiger partial charge on any atom is -0.478 e. The van der Waals surface area contributed by atoms with E-state index in [9.17, 15) is 13.2 Å². The molecule has 0 saturated heterocycles. The van der Waals surface area contributed by atoms with Gasteiger partial charge >= 0.3 is 5.97 Å². The molecule has 0 radical (unpaired) electrons. The van der Waals surface area contributed by atoms with Crippen LogP contribution in [0.1, 0.15) is 17.3 Å². The number of carbonyl (C=O) groups is 1. The van der Waals surface area contributed by atoms with Gasteiger partial charge in [0.15, 0.2) is 9.84 Å². The maximum atomic E-state index is 11.2. The molecule has 0 bridgehead atoms. The minimum atomic E-state index is -2.95. The zero-order valence-electron chi connectivity index (χ0n) is 9.29. The lowest BCUT2D eigenvalue weighted by molar-refractivity contribution is 0.0696. The molecule has 1 N–H and O–H groups in total. The van der Waals surface area contributed by atoms with Crippen LogP contribution < -0.4 is 0 Å². The van der Waals surface area contributed by atoms with Crippen LogP contribution >= 0.6 is 11.8 Å². The van der Waals surface area contributed by atoms with E-state index in [1.165, 1.54) is 24.0 Å². The summed E-state index contributed by atoms with van der Waals surface area (Å²) in [5.41, 5.74) is 0.121. The number of hydrogen-bond donors (Lipinski definition) is 1. The van der Waals surface area contributed by atoms with Crippen molar-refractivity contribution in [3.63, 3.8) is 0 Å². The number of thioether (sulfide) groups is 1. The van der Waals surface area contributed by atoms with Crippen molar-refractivity contribution in [2.24, 2.45) is 0 Å². The molecule has 0 fully saturated rings. The third-order valence-electron chi connectivity index (χ3n) is 2.07. The van der Waals surface area contributed by atoms with E-state index in [0.29, 0.717) is 10.8 Å². The fraction of sp³-hybridized carbons (Fsp3) is 0.400. The molecule has 7 heteroatoms. The first kappa shape index (κ1) is 14.0. The third kappa shape index (κ3) is 4.74. The van der Waals surface area contributed by atoms with Crippen LogP contribution in [-0.2, 0) is 9.84 Å². The molecule has 1 aromatic rings. The molecular formula is C10H13NO4S2. The smallest absolute Gasteiger partial charge is 0.337 e. The maximum Gasteiger partial charge on any atom is 0.337 e. The van der Waals surface area contributed by atoms with Crippen molar-refractivity contribution >= 4 is 27.6 Å². The molecule has 1 aromatic heterocycles. The van der Waals surface area contributed by atoms with E-state index >= 15 is 0 Å². The molecule has 0 aliphatic carbocycles. The third-order valence-corrected chi connectivity index (χ3v) is 4.98. The van der Waals surface area contributed by atoms with Gasteiger partial charge in [-0.25, -0.2) is 18.2 Å². The summed E-state index contributed by atoms with van der Waals surface area (Å²) in [7, 11) is -2.95. The molecule has 0 atom stereocenters. The van der Waals surface area contributed by atoms with Gasteiger partial charge in [0, 0.05) is 17.7 Å². The lowest BCUT2D eigenvalue weighted by Crippen LogP contribution is -2.10. The Bertz CT molecular complexity index is 482. The van der Waals surface area contributed by atoms with Crippen molar-refractivity contribution < 1.29 is 18.3 Å². The summed E-state index contributed by atoms with van der Waals surface area (Å²) in [6, 6.07) is 3.03. The molecule has 5 nitrogen and oxygen atoms in total. The largest absolute Gasteiger partial charge is 0.478 e. The Morgan fingerprint density at radius 2 is 2.18 bits per heavy atom. The van der Waals surface area contributed by atoms with Gasteiger partial charge in [0.1, 0.15) is 0 Å². The summed E-state index contributed by atoms with van der Waals surface area (Å²) in [5.74, 6) is -0.354. The second kappa shape index (κ2) is 6.02. The average Bonchev–Trinajstić information content (AvgIpc) is 2.29. The highest BCUT2D eigenvalue weighted by Gasteiger charge is 2.08. The fourth-order valence-corrected chi connectivity index (χ4v) is 3.15. The van der Waals surface area contributed by atoms with Crippen LogP contribution in [0.25, 0.3) is 0 Å². The molecular weight excluding hydrogens is 262 g/mol. The van der Waals surface area contributed by atoms with Crippen LogP contribution in [0, 0.1) is 0 Å². The molecule has 1 rings (SSSR count). The Hall–Kier alpha value is -1.08. The maximum absolute atomic E-state index is 11.2. The predicted octanol–water partition coefficient (Wildman–Crippen LogP) is 1.31. The molecule has 0 amide bonds. The molecule has 0 spiro atoms. The Labute approximate surface area is 104 Å². The summed E-state index contributed by atoms with van der Waals surface area (Å²) < 4.78 is 22.4. The number of hydrogen-bond acceptors (Lipinski definition) is 5. The second-order valence-electron chi connectivity index (χ2n) is 3.28. The first-order chi connectivity index (χ1) is 7.94. The van der Waals surface area contributed by atoms with Crippen molar-refractivity contribution in [2.75, 3.05) is 17.3 Å². The lowest BCUT2D eigenvalue weighted by atomic mass is 10.3. The second-order valence-corrected chi connectivity index (χ2v) is 6.86. The van der Waals surface area contributed by atoms with E-state index in [2.05, 4.69) is 4.98 Å². The number of sulfone groups is 1. The Balaban J connectivity index is 2.51. The summed E-state index contributed by atoms with van der Waals surface area (Å²) in [6.45, 7) is 1.61. The summed E-state index contributed by atoms with van der Waals surface area (Å²) in [5, 5.41) is 9.29. The number of carboxylic acid groups (broad SMARTS) is 1. The molecule has 0 unspecified atom stereocenters. The summed E-state index contributed by atoms with van der Waals surface area (Å²) >= 11 is 1.30. The zero-order chi connectivity index (χ0) is 12.9. The minimum absolute atomic E-state index is 0.108. The highest BCUT2D eigenvalue weighted by Crippen LogP contribution is 2.15. The van der Waals surface area contributed by atoms with Crippen LogP contribution in [-0.4, -0.2) is 41.7 Å². The van der Waals surface area contributed by atoms with Gasteiger partial charge in [0.25, 0.3) is 0 Å². The molecule has 94 valence electrons. The van der Waals surface area contributed by atoms with Gasteiger partial charge in [-0.05, 0) is 12.1 Å². The number of aromatic nitrogens is 1. The molecule has 0 aliphatic rings. The molecule has 0 saturated carbocycles. The van der Waals surface area contributed by atoms with Crippen LogP contribution in [0.15, 0.2) is 23.4 Å². The number of rotatable bonds is 6. The Kier molecular flexibility index (Phi) is 4.95. The molecule has 0 aromatic carbocycles. The SMILES string of the molecule is CCS(=O)(=O)CCSc1ccc(C(=O)O)cn1. The first-order valence-electron chi connectivity index (χ1n) is 4.97. The lowest BCUT2D eigenvalue weighted by Gasteiger charge is -2.01. The van der Waals surface area contributed by atoms with Crippen molar-refractivity contribution in [2.45, 2.75) is 11.9 Å². The van der Waals surface area contributed by atoms with Gasteiger partial charge in [-0.15, -0.1) is 11.8 Å². The van der Waals surface area contributed by atoms with Crippen LogP contribution in [0.5, 0.6) is 0 Å². The van der Waals surface area contributed by atoms with Crippen LogP contribution in [0.3, 0.4) is 0 Å². The van der Waals surface area contributed by atoms with Gasteiger partial charge in [0.05, 0.1) is 16.3 Å². The summed E-state index contributed by atoms with van der Waals surface area (Å²) in [6.07, 6.45) is 1.26. The monoisotopic (exact) mass is 275 g/mol. The quantitative estimate of drug-likeness (QED) is 0.788. The number of carboxylic acids is 1. The van der Waals surface area contributed by atoms with Gasteiger partial charge in [0.2, 0.25) is 0 Å². The number of pyridine rings is 1. The van der Waals surface area contributed by atoms with Gasteiger partial charge in [-0.2, -0.15) is 0 Å². The van der Waals surface area contributed by atoms with Gasteiger partial charge in [-0.1, -0.05) is 6.92 Å². The standard InChI is InChI=1S/C10H13NO4S2/c1-2-17(14,15)6-5-16-9-4-3-8(7-11-9)10(12)13/h3-4,7H,2,5-6H2,1H3,(H,12,13). The first-order valence-corrected chi connectivity index (χ1v) is 7.78. The topological polar surface area (TPSA) is 84.3 Å². The average molecular weight is 275 g/mol. The zero-order valence-corrected chi connectivity index (χ0v) is 10.9. The van der Waals surface area contributed by atoms with Crippen molar-refractivity contribution in [3.8, 4) is 0 Å². The van der Waals surface area contributed by atoms with Crippen LogP contribution in [0.2, 0.25) is 0 Å². The van der Waals surface area contributed by atoms with Crippen molar-refractivity contribution in [3.05, 3.63) is 23.9 Å². The van der Waals surface area contributed by atoms with Crippen LogP contribution in [0.4, 0.5) is 0 Å². The Morgan fingerprint density at radius 3 is 2.65 bits per heavy atom. The molecule has 17 heavy (non-hydrogen) atoms. The van der Waals surface area contributed by atoms with E-state index in [0.717, 1.165) is 0 Å². The van der Waals surface area contributed by atoms with Gasteiger partial charge < -0.3 is 5.11 Å². The normalized spacial score (nSPS) is 11.4. The molecule has 0 aliphatic heterocycles. The summed E-state index contributed by atoms with van der Waals surface area (Å²) in [4.78, 5) is 14.5. The highest BCUT2D eigenvalue weighted by molar-refractivity contribution is 8.00. The number of nitrogens with zero attached hydrogens (tertiary/aromatic N) is 1. The van der Waals surface area contributed by atoms with E-state index in [1.807, 2.05) is 0 Å². The van der Waals surface area contributed by atoms with E-state index in [1.54, 1.807) is 13.0 Å². The molecule has 1 heterocycles. The number of aromatic carboxylic acids is 1. The predicted molar refractivity (Wildman–Crippen MR) is 66.2 cm³/mol. The van der Waals surface area contributed by atoms with E-state index in [4.69, 9.17) is 5.11 Å². The van der Waals surface area contributed by atoms with Crippen molar-refractivity contribution in [1.82, 2.24) is 4.98 Å². The van der Waals surface area contributed by atoms with Crippen molar-refractivity contribution in [1.29, 1.82) is 0 Å². The Morgan fingerprint density at radius 1 is 1.47 bits per heavy atom.